The third-order valence-electron chi connectivity index (χ3n) is 10.2. The van der Waals surface area contributed by atoms with E-state index in [0.29, 0.717) is 0 Å². The monoisotopic (exact) mass is 613 g/mol. The molecule has 0 fully saturated rings. The van der Waals surface area contributed by atoms with Crippen molar-refractivity contribution in [2.24, 2.45) is 0 Å². The zero-order valence-corrected chi connectivity index (χ0v) is 27.2. The molecule has 0 N–H and O–H groups in total. The van der Waals surface area contributed by atoms with E-state index < -0.39 is 0 Å². The minimum Gasteiger partial charge on any atom is -0.310 e. The van der Waals surface area contributed by atoms with Gasteiger partial charge in [0.05, 0.1) is 5.69 Å². The van der Waals surface area contributed by atoms with Crippen molar-refractivity contribution in [1.29, 1.82) is 0 Å². The van der Waals surface area contributed by atoms with Gasteiger partial charge in [0, 0.05) is 22.4 Å². The average Bonchev–Trinajstić information content (AvgIpc) is 3.38. The van der Waals surface area contributed by atoms with Crippen LogP contribution in [0.4, 0.5) is 17.1 Å². The van der Waals surface area contributed by atoms with E-state index in [0.717, 1.165) is 17.1 Å². The molecule has 0 bridgehead atoms. The molecule has 8 aromatic rings. The molecule has 0 amide bonds. The fourth-order valence-electron chi connectivity index (χ4n) is 7.87. The van der Waals surface area contributed by atoms with Crippen molar-refractivity contribution < 1.29 is 0 Å². The zero-order valence-electron chi connectivity index (χ0n) is 27.2. The summed E-state index contributed by atoms with van der Waals surface area (Å²) in [7, 11) is 0. The highest BCUT2D eigenvalue weighted by molar-refractivity contribution is 6.06. The normalized spacial score (nSPS) is 13.0. The van der Waals surface area contributed by atoms with Gasteiger partial charge in [-0.25, -0.2) is 0 Å². The minimum atomic E-state index is -0.161. The van der Waals surface area contributed by atoms with Gasteiger partial charge in [-0.15, -0.1) is 0 Å². The third kappa shape index (κ3) is 4.47. The first-order chi connectivity index (χ1) is 23.6. The Balaban J connectivity index is 1.31. The van der Waals surface area contributed by atoms with Gasteiger partial charge in [-0.2, -0.15) is 0 Å². The van der Waals surface area contributed by atoms with Crippen LogP contribution in [-0.4, -0.2) is 0 Å². The summed E-state index contributed by atoms with van der Waals surface area (Å²) in [5.74, 6) is 0. The smallest absolute Gasteiger partial charge is 0.0546 e. The molecule has 48 heavy (non-hydrogen) atoms. The summed E-state index contributed by atoms with van der Waals surface area (Å²) in [5, 5.41) is 4.94. The summed E-state index contributed by atoms with van der Waals surface area (Å²) in [6.07, 6.45) is 0. The van der Waals surface area contributed by atoms with Crippen LogP contribution in [0, 0.1) is 0 Å². The van der Waals surface area contributed by atoms with Gasteiger partial charge in [0.25, 0.3) is 0 Å². The summed E-state index contributed by atoms with van der Waals surface area (Å²) in [4.78, 5) is 2.47. The Kier molecular flexibility index (Phi) is 6.55. The summed E-state index contributed by atoms with van der Waals surface area (Å²) >= 11 is 0. The van der Waals surface area contributed by atoms with E-state index in [2.05, 4.69) is 195 Å². The van der Waals surface area contributed by atoms with Crippen LogP contribution in [-0.2, 0) is 5.41 Å². The highest BCUT2D eigenvalue weighted by atomic mass is 15.1. The second-order valence-corrected chi connectivity index (χ2v) is 13.4. The molecule has 0 saturated heterocycles. The molecule has 1 nitrogen and oxygen atoms in total. The highest BCUT2D eigenvalue weighted by Gasteiger charge is 2.37. The minimum absolute atomic E-state index is 0.161. The summed E-state index contributed by atoms with van der Waals surface area (Å²) in [6, 6.07) is 64.4. The molecule has 228 valence electrons. The lowest BCUT2D eigenvalue weighted by Crippen LogP contribution is -2.17. The Morgan fingerprint density at radius 1 is 0.396 bits per heavy atom. The topological polar surface area (TPSA) is 3.24 Å². The summed E-state index contributed by atoms with van der Waals surface area (Å²) in [6.45, 7) is 4.75. The lowest BCUT2D eigenvalue weighted by Gasteiger charge is -2.30. The van der Waals surface area contributed by atoms with Crippen LogP contribution in [0.15, 0.2) is 176 Å². The molecular formula is C47H35N. The number of anilines is 3. The van der Waals surface area contributed by atoms with Crippen molar-refractivity contribution in [3.05, 3.63) is 187 Å². The molecular weight excluding hydrogens is 579 g/mol. The second kappa shape index (κ2) is 11.1. The molecule has 8 aromatic carbocycles. The lowest BCUT2D eigenvalue weighted by atomic mass is 9.81. The van der Waals surface area contributed by atoms with Gasteiger partial charge in [-0.1, -0.05) is 159 Å². The molecule has 1 aliphatic rings. The number of fused-ring (bicyclic) bond motifs is 5. The Morgan fingerprint density at radius 2 is 1.02 bits per heavy atom. The van der Waals surface area contributed by atoms with E-state index in [1.165, 1.54) is 66.1 Å². The first kappa shape index (κ1) is 28.3. The number of rotatable bonds is 5. The van der Waals surface area contributed by atoms with E-state index >= 15 is 0 Å². The first-order valence-electron chi connectivity index (χ1n) is 16.8. The lowest BCUT2D eigenvalue weighted by molar-refractivity contribution is 0.660. The molecule has 9 rings (SSSR count). The number of nitrogens with zero attached hydrogens (tertiary/aromatic N) is 1. The molecule has 0 aromatic heterocycles. The quantitative estimate of drug-likeness (QED) is 0.187. The van der Waals surface area contributed by atoms with Crippen LogP contribution < -0.4 is 4.90 Å². The maximum atomic E-state index is 2.47. The molecule has 0 aliphatic heterocycles. The Morgan fingerprint density at radius 3 is 1.81 bits per heavy atom. The van der Waals surface area contributed by atoms with E-state index in [9.17, 15) is 0 Å². The van der Waals surface area contributed by atoms with Crippen molar-refractivity contribution in [1.82, 2.24) is 0 Å². The predicted octanol–water partition coefficient (Wildman–Crippen LogP) is 13.1. The largest absolute Gasteiger partial charge is 0.310 e. The van der Waals surface area contributed by atoms with Gasteiger partial charge in [-0.3, -0.25) is 0 Å². The molecule has 0 heterocycles. The van der Waals surface area contributed by atoms with Crippen molar-refractivity contribution in [2.75, 3.05) is 4.90 Å². The number of hydrogen-bond acceptors (Lipinski definition) is 1. The molecule has 1 aliphatic carbocycles. The predicted molar refractivity (Wildman–Crippen MR) is 205 cm³/mol. The molecule has 0 atom stereocenters. The van der Waals surface area contributed by atoms with Crippen molar-refractivity contribution >= 4 is 38.6 Å². The van der Waals surface area contributed by atoms with E-state index in [4.69, 9.17) is 0 Å². The molecule has 0 spiro atoms. The van der Waals surface area contributed by atoms with E-state index in [1.807, 2.05) is 0 Å². The first-order valence-corrected chi connectivity index (χ1v) is 16.8. The summed E-state index contributed by atoms with van der Waals surface area (Å²) in [5.41, 5.74) is 13.7. The SMILES string of the molecule is CC1(C)c2cc(N(c3ccc4ccccc4c3)c3ccc4ccccc4c3-c3ccccc3)ccc2-c2c(-c3ccccc3)cccc21. The Bertz CT molecular complexity index is 2470. The van der Waals surface area contributed by atoms with Crippen LogP contribution in [0.25, 0.3) is 54.9 Å². The third-order valence-corrected chi connectivity index (χ3v) is 10.2. The number of hydrogen-bond donors (Lipinski definition) is 0. The van der Waals surface area contributed by atoms with Crippen LogP contribution >= 0.6 is 0 Å². The van der Waals surface area contributed by atoms with E-state index in [1.54, 1.807) is 0 Å². The molecule has 0 saturated carbocycles. The van der Waals surface area contributed by atoms with Gasteiger partial charge in [-0.05, 0) is 90.8 Å². The average molecular weight is 614 g/mol. The summed E-state index contributed by atoms with van der Waals surface area (Å²) < 4.78 is 0. The van der Waals surface area contributed by atoms with Gasteiger partial charge >= 0.3 is 0 Å². The second-order valence-electron chi connectivity index (χ2n) is 13.4. The van der Waals surface area contributed by atoms with E-state index in [-0.39, 0.29) is 5.41 Å². The van der Waals surface area contributed by atoms with Crippen LogP contribution in [0.2, 0.25) is 0 Å². The van der Waals surface area contributed by atoms with Crippen LogP contribution in [0.3, 0.4) is 0 Å². The van der Waals surface area contributed by atoms with Gasteiger partial charge < -0.3 is 4.90 Å². The molecule has 0 radical (unpaired) electrons. The van der Waals surface area contributed by atoms with Crippen LogP contribution in [0.5, 0.6) is 0 Å². The Labute approximate surface area is 282 Å². The van der Waals surface area contributed by atoms with Crippen LogP contribution in [0.1, 0.15) is 25.0 Å². The standard InChI is InChI=1S/C47H35N/c1-47(2)42-23-13-22-40(33-15-5-3-6-16-33)46(42)41-28-27-38(31-43(41)47)48(37-26-24-32-14-9-10-20-36(32)30-37)44-29-25-34-17-11-12-21-39(34)45(44)35-18-7-4-8-19-35/h3-31H,1-2H3. The Hall–Kier alpha value is -5.92. The molecule has 1 heteroatoms. The molecule has 0 unspecified atom stereocenters. The fraction of sp³-hybridized carbons (Fsp3) is 0.0638. The fourth-order valence-corrected chi connectivity index (χ4v) is 7.87. The number of benzene rings is 8. The maximum Gasteiger partial charge on any atom is 0.0546 e. The van der Waals surface area contributed by atoms with Gasteiger partial charge in [0.15, 0.2) is 0 Å². The maximum absolute atomic E-state index is 2.47. The van der Waals surface area contributed by atoms with Crippen molar-refractivity contribution in [3.8, 4) is 33.4 Å². The van der Waals surface area contributed by atoms with Gasteiger partial charge in [0.1, 0.15) is 0 Å². The van der Waals surface area contributed by atoms with Crippen molar-refractivity contribution in [3.63, 3.8) is 0 Å². The van der Waals surface area contributed by atoms with Gasteiger partial charge in [0.2, 0.25) is 0 Å². The van der Waals surface area contributed by atoms with Crippen molar-refractivity contribution in [2.45, 2.75) is 19.3 Å². The zero-order chi connectivity index (χ0) is 32.2. The highest BCUT2D eigenvalue weighted by Crippen LogP contribution is 2.54.